The van der Waals surface area contributed by atoms with E-state index in [1.807, 2.05) is 24.3 Å². The first-order chi connectivity index (χ1) is 7.65. The van der Waals surface area contributed by atoms with E-state index >= 15 is 0 Å². The third-order valence-corrected chi connectivity index (χ3v) is 3.52. The standard InChI is InChI=1S/C10H7BrClN3S/c11-8-5-9(13)15-10(14-8)16-7-4-2-1-3-6(7)12/h1-5H,(H2,13,14,15). The lowest BCUT2D eigenvalue weighted by Gasteiger charge is -2.03. The summed E-state index contributed by atoms with van der Waals surface area (Å²) in [6.45, 7) is 0. The number of halogens is 2. The number of rotatable bonds is 2. The Morgan fingerprint density at radius 3 is 2.69 bits per heavy atom. The van der Waals surface area contributed by atoms with Crippen molar-refractivity contribution >= 4 is 45.1 Å². The van der Waals surface area contributed by atoms with Gasteiger partial charge in [-0.05, 0) is 39.8 Å². The molecule has 2 aromatic rings. The fourth-order valence-corrected chi connectivity index (χ4v) is 2.66. The summed E-state index contributed by atoms with van der Waals surface area (Å²) in [5.74, 6) is 0.427. The van der Waals surface area contributed by atoms with Crippen LogP contribution in [0.25, 0.3) is 0 Å². The van der Waals surface area contributed by atoms with Gasteiger partial charge in [-0.1, -0.05) is 23.7 Å². The molecule has 0 radical (unpaired) electrons. The summed E-state index contributed by atoms with van der Waals surface area (Å²) in [5, 5.41) is 1.25. The maximum Gasteiger partial charge on any atom is 0.195 e. The van der Waals surface area contributed by atoms with Crippen LogP contribution in [0.3, 0.4) is 0 Å². The largest absolute Gasteiger partial charge is 0.384 e. The maximum atomic E-state index is 6.03. The second kappa shape index (κ2) is 5.03. The van der Waals surface area contributed by atoms with E-state index in [9.17, 15) is 0 Å². The van der Waals surface area contributed by atoms with Crippen LogP contribution in [0.2, 0.25) is 5.02 Å². The van der Waals surface area contributed by atoms with Gasteiger partial charge in [0.2, 0.25) is 0 Å². The van der Waals surface area contributed by atoms with Crippen LogP contribution >= 0.6 is 39.3 Å². The van der Waals surface area contributed by atoms with Crippen LogP contribution in [0.1, 0.15) is 0 Å². The third kappa shape index (κ3) is 2.87. The van der Waals surface area contributed by atoms with E-state index in [2.05, 4.69) is 25.9 Å². The van der Waals surface area contributed by atoms with Crippen molar-refractivity contribution in [2.45, 2.75) is 10.1 Å². The fraction of sp³-hybridized carbons (Fsp3) is 0. The van der Waals surface area contributed by atoms with Gasteiger partial charge in [-0.25, -0.2) is 9.97 Å². The number of aromatic nitrogens is 2. The first kappa shape index (κ1) is 11.7. The molecule has 2 rings (SSSR count). The van der Waals surface area contributed by atoms with Gasteiger partial charge in [0, 0.05) is 11.0 Å². The Morgan fingerprint density at radius 1 is 1.25 bits per heavy atom. The highest BCUT2D eigenvalue weighted by Crippen LogP contribution is 2.31. The molecule has 0 amide bonds. The van der Waals surface area contributed by atoms with Gasteiger partial charge in [0.1, 0.15) is 10.4 Å². The number of nitrogen functional groups attached to an aromatic ring is 1. The van der Waals surface area contributed by atoms with Crippen molar-refractivity contribution in [1.29, 1.82) is 0 Å². The summed E-state index contributed by atoms with van der Waals surface area (Å²) in [6, 6.07) is 9.17. The minimum atomic E-state index is 0.427. The first-order valence-corrected chi connectivity index (χ1v) is 6.36. The molecule has 0 saturated heterocycles. The average Bonchev–Trinajstić information content (AvgIpc) is 2.20. The molecule has 0 saturated carbocycles. The number of nitrogens with two attached hydrogens (primary N) is 1. The number of hydrogen-bond donors (Lipinski definition) is 1. The summed E-state index contributed by atoms with van der Waals surface area (Å²) in [4.78, 5) is 9.22. The Hall–Kier alpha value is -0.780. The van der Waals surface area contributed by atoms with Gasteiger partial charge >= 0.3 is 0 Å². The van der Waals surface area contributed by atoms with E-state index in [0.717, 1.165) is 4.90 Å². The SMILES string of the molecule is Nc1cc(Br)nc(Sc2ccccc2Cl)n1. The number of nitrogens with zero attached hydrogens (tertiary/aromatic N) is 2. The molecule has 0 atom stereocenters. The molecule has 0 bridgehead atoms. The van der Waals surface area contributed by atoms with Gasteiger partial charge < -0.3 is 5.73 Å². The number of benzene rings is 1. The van der Waals surface area contributed by atoms with E-state index in [1.54, 1.807) is 6.07 Å². The molecule has 0 aliphatic rings. The van der Waals surface area contributed by atoms with E-state index in [0.29, 0.717) is 20.6 Å². The van der Waals surface area contributed by atoms with Crippen molar-refractivity contribution in [1.82, 2.24) is 9.97 Å². The van der Waals surface area contributed by atoms with E-state index < -0.39 is 0 Å². The van der Waals surface area contributed by atoms with Crippen LogP contribution in [-0.4, -0.2) is 9.97 Å². The van der Waals surface area contributed by atoms with Crippen molar-refractivity contribution in [3.63, 3.8) is 0 Å². The quantitative estimate of drug-likeness (QED) is 0.679. The summed E-state index contributed by atoms with van der Waals surface area (Å²) in [7, 11) is 0. The molecule has 1 aromatic heterocycles. The highest BCUT2D eigenvalue weighted by atomic mass is 79.9. The molecule has 16 heavy (non-hydrogen) atoms. The molecule has 0 aliphatic carbocycles. The predicted octanol–water partition coefficient (Wildman–Crippen LogP) is 3.63. The van der Waals surface area contributed by atoms with Gasteiger partial charge in [0.05, 0.1) is 5.02 Å². The van der Waals surface area contributed by atoms with Crippen LogP contribution in [-0.2, 0) is 0 Å². The molecular weight excluding hydrogens is 310 g/mol. The highest BCUT2D eigenvalue weighted by Gasteiger charge is 2.06. The normalized spacial score (nSPS) is 10.4. The first-order valence-electron chi connectivity index (χ1n) is 4.37. The van der Waals surface area contributed by atoms with Crippen LogP contribution in [0.15, 0.2) is 45.0 Å². The van der Waals surface area contributed by atoms with Crippen molar-refractivity contribution < 1.29 is 0 Å². The zero-order valence-electron chi connectivity index (χ0n) is 8.02. The molecule has 0 fully saturated rings. The zero-order valence-corrected chi connectivity index (χ0v) is 11.2. The molecule has 3 nitrogen and oxygen atoms in total. The van der Waals surface area contributed by atoms with E-state index in [-0.39, 0.29) is 0 Å². The second-order valence-electron chi connectivity index (χ2n) is 2.93. The smallest absolute Gasteiger partial charge is 0.195 e. The van der Waals surface area contributed by atoms with Crippen LogP contribution in [0.5, 0.6) is 0 Å². The van der Waals surface area contributed by atoms with Gasteiger partial charge in [0.15, 0.2) is 5.16 Å². The van der Waals surface area contributed by atoms with Gasteiger partial charge in [0.25, 0.3) is 0 Å². The van der Waals surface area contributed by atoms with Crippen LogP contribution in [0, 0.1) is 0 Å². The molecule has 0 aliphatic heterocycles. The fourth-order valence-electron chi connectivity index (χ4n) is 1.08. The van der Waals surface area contributed by atoms with Crippen molar-refractivity contribution in [2.75, 3.05) is 5.73 Å². The van der Waals surface area contributed by atoms with Crippen molar-refractivity contribution in [3.8, 4) is 0 Å². The predicted molar refractivity (Wildman–Crippen MR) is 69.7 cm³/mol. The summed E-state index contributed by atoms with van der Waals surface area (Å²) >= 11 is 10.7. The average molecular weight is 317 g/mol. The third-order valence-electron chi connectivity index (χ3n) is 1.73. The molecule has 1 heterocycles. The summed E-state index contributed by atoms with van der Waals surface area (Å²) in [5.41, 5.74) is 5.62. The Kier molecular flexibility index (Phi) is 3.68. The second-order valence-corrected chi connectivity index (χ2v) is 5.16. The minimum absolute atomic E-state index is 0.427. The molecular formula is C10H7BrClN3S. The van der Waals surface area contributed by atoms with Crippen molar-refractivity contribution in [2.24, 2.45) is 0 Å². The van der Waals surface area contributed by atoms with Crippen LogP contribution < -0.4 is 5.73 Å². The summed E-state index contributed by atoms with van der Waals surface area (Å²) < 4.78 is 0.662. The number of anilines is 1. The lowest BCUT2D eigenvalue weighted by Crippen LogP contribution is -1.94. The minimum Gasteiger partial charge on any atom is -0.384 e. The molecule has 82 valence electrons. The van der Waals surface area contributed by atoms with Crippen molar-refractivity contribution in [3.05, 3.63) is 40.0 Å². The molecule has 6 heteroatoms. The Morgan fingerprint density at radius 2 is 2.00 bits per heavy atom. The highest BCUT2D eigenvalue weighted by molar-refractivity contribution is 9.10. The Balaban J connectivity index is 2.30. The van der Waals surface area contributed by atoms with Gasteiger partial charge in [-0.15, -0.1) is 0 Å². The zero-order chi connectivity index (χ0) is 11.5. The molecule has 0 unspecified atom stereocenters. The monoisotopic (exact) mass is 315 g/mol. The topological polar surface area (TPSA) is 51.8 Å². The molecule has 1 aromatic carbocycles. The lowest BCUT2D eigenvalue weighted by atomic mass is 10.4. The van der Waals surface area contributed by atoms with Gasteiger partial charge in [-0.2, -0.15) is 0 Å². The maximum absolute atomic E-state index is 6.03. The molecule has 0 spiro atoms. The number of hydrogen-bond acceptors (Lipinski definition) is 4. The van der Waals surface area contributed by atoms with E-state index in [1.165, 1.54) is 11.8 Å². The Bertz CT molecular complexity index is 501. The lowest BCUT2D eigenvalue weighted by molar-refractivity contribution is 0.957. The Labute approximate surface area is 111 Å². The van der Waals surface area contributed by atoms with Gasteiger partial charge in [-0.3, -0.25) is 0 Å². The van der Waals surface area contributed by atoms with Crippen LogP contribution in [0.4, 0.5) is 5.82 Å². The summed E-state index contributed by atoms with van der Waals surface area (Å²) in [6.07, 6.45) is 0. The van der Waals surface area contributed by atoms with E-state index in [4.69, 9.17) is 17.3 Å². The molecule has 2 N–H and O–H groups in total.